The highest BCUT2D eigenvalue weighted by Crippen LogP contribution is 2.16. The average Bonchev–Trinajstić information content (AvgIpc) is 3.32. The molecule has 1 aromatic carbocycles. The van der Waals surface area contributed by atoms with Crippen molar-refractivity contribution in [2.75, 3.05) is 0 Å². The van der Waals surface area contributed by atoms with E-state index in [0.717, 1.165) is 21.8 Å². The summed E-state index contributed by atoms with van der Waals surface area (Å²) in [6, 6.07) is 7.58. The molecule has 0 aliphatic carbocycles. The standard InChI is InChI=1S/C16H10N4O2/c1-2-4-14-11(3-1)7-17-8-12-15-13(20-15)9-18-16(12)19-10-21-5-6-22-14/h1-10H. The van der Waals surface area contributed by atoms with Crippen LogP contribution in [0.4, 0.5) is 11.5 Å². The Morgan fingerprint density at radius 2 is 2.00 bits per heavy atom. The predicted molar refractivity (Wildman–Crippen MR) is 82.2 cm³/mol. The zero-order chi connectivity index (χ0) is 14.8. The van der Waals surface area contributed by atoms with E-state index < -0.39 is 0 Å². The van der Waals surface area contributed by atoms with E-state index in [4.69, 9.17) is 9.47 Å². The third kappa shape index (κ3) is 2.37. The van der Waals surface area contributed by atoms with Gasteiger partial charge in [0.15, 0.2) is 12.2 Å². The van der Waals surface area contributed by atoms with E-state index in [-0.39, 0.29) is 0 Å². The van der Waals surface area contributed by atoms with Gasteiger partial charge in [0, 0.05) is 18.0 Å². The Morgan fingerprint density at radius 1 is 1.05 bits per heavy atom. The number of nitrogens with zero attached hydrogens (tertiary/aromatic N) is 4. The summed E-state index contributed by atoms with van der Waals surface area (Å²) in [5.41, 5.74) is 1.72. The van der Waals surface area contributed by atoms with Gasteiger partial charge in [-0.25, -0.2) is 9.98 Å². The Hall–Kier alpha value is -3.28. The molecule has 0 N–H and O–H groups in total. The number of aromatic nitrogens is 1. The summed E-state index contributed by atoms with van der Waals surface area (Å²) in [5.74, 6) is 1.20. The summed E-state index contributed by atoms with van der Waals surface area (Å²) >= 11 is 0. The van der Waals surface area contributed by atoms with Crippen molar-refractivity contribution >= 4 is 30.3 Å². The Kier molecular flexibility index (Phi) is 2.97. The van der Waals surface area contributed by atoms with E-state index in [1.807, 2.05) is 24.3 Å². The number of pyridine rings is 1. The first-order chi connectivity index (χ1) is 10.9. The fourth-order valence-corrected chi connectivity index (χ4v) is 2.04. The molecular weight excluding hydrogens is 280 g/mol. The van der Waals surface area contributed by atoms with Crippen molar-refractivity contribution in [3.8, 4) is 5.75 Å². The summed E-state index contributed by atoms with van der Waals surface area (Å²) in [7, 11) is 0. The molecule has 6 heteroatoms. The van der Waals surface area contributed by atoms with Gasteiger partial charge >= 0.3 is 0 Å². The number of hydrogen-bond acceptors (Lipinski definition) is 6. The molecule has 0 saturated heterocycles. The van der Waals surface area contributed by atoms with E-state index in [9.17, 15) is 0 Å². The molecule has 3 heterocycles. The second kappa shape index (κ2) is 5.25. The van der Waals surface area contributed by atoms with Crippen molar-refractivity contribution in [1.82, 2.24) is 4.98 Å². The normalized spacial score (nSPS) is 14.4. The van der Waals surface area contributed by atoms with E-state index >= 15 is 0 Å². The van der Waals surface area contributed by atoms with Crippen LogP contribution in [0.15, 0.2) is 58.0 Å². The third-order valence-corrected chi connectivity index (χ3v) is 3.13. The molecular formula is C16H10N4O2. The Bertz CT molecular complexity index is 945. The lowest BCUT2D eigenvalue weighted by Crippen LogP contribution is -2.17. The fraction of sp³-hybridized carbons (Fsp3) is 0. The Labute approximate surface area is 125 Å². The van der Waals surface area contributed by atoms with Crippen LogP contribution in [0.1, 0.15) is 5.56 Å². The number of benzene rings is 1. The van der Waals surface area contributed by atoms with Crippen LogP contribution in [0.2, 0.25) is 0 Å². The van der Waals surface area contributed by atoms with Gasteiger partial charge in [0.25, 0.3) is 0 Å². The van der Waals surface area contributed by atoms with E-state index in [1.165, 1.54) is 18.9 Å². The third-order valence-electron chi connectivity index (χ3n) is 3.13. The minimum absolute atomic E-state index is 0.513. The van der Waals surface area contributed by atoms with Crippen molar-refractivity contribution in [2.45, 2.75) is 0 Å². The molecule has 6 nitrogen and oxygen atoms in total. The van der Waals surface area contributed by atoms with Gasteiger partial charge in [-0.3, -0.25) is 4.99 Å². The summed E-state index contributed by atoms with van der Waals surface area (Å²) in [5, 5.41) is 1.64. The summed E-state index contributed by atoms with van der Waals surface area (Å²) in [6.07, 6.45) is 9.22. The number of aliphatic imine (C=N–C) groups is 2. The number of ether oxygens (including phenoxy) is 2. The molecule has 0 radical (unpaired) electrons. The molecule has 0 saturated carbocycles. The molecule has 1 aromatic heterocycles. The van der Waals surface area contributed by atoms with Crippen LogP contribution < -0.4 is 15.3 Å². The molecule has 0 spiro atoms. The first kappa shape index (κ1) is 12.5. The smallest absolute Gasteiger partial charge is 0.182 e. The zero-order valence-electron chi connectivity index (χ0n) is 11.4. The van der Waals surface area contributed by atoms with Gasteiger partial charge in [-0.15, -0.1) is 0 Å². The van der Waals surface area contributed by atoms with Gasteiger partial charge in [-0.05, 0) is 12.1 Å². The molecule has 0 fully saturated rings. The molecule has 22 heavy (non-hydrogen) atoms. The van der Waals surface area contributed by atoms with E-state index in [0.29, 0.717) is 11.6 Å². The maximum atomic E-state index is 5.51. The maximum Gasteiger partial charge on any atom is 0.182 e. The van der Waals surface area contributed by atoms with Gasteiger partial charge < -0.3 is 9.47 Å². The number of fused-ring (bicyclic) bond motifs is 4. The second-order valence-corrected chi connectivity index (χ2v) is 4.55. The summed E-state index contributed by atoms with van der Waals surface area (Å²) < 4.78 is 10.7. The molecule has 4 rings (SSSR count). The second-order valence-electron chi connectivity index (χ2n) is 4.55. The van der Waals surface area contributed by atoms with Crippen molar-refractivity contribution in [3.05, 3.63) is 59.1 Å². The topological polar surface area (TPSA) is 68.4 Å². The van der Waals surface area contributed by atoms with Crippen LogP contribution in [0.3, 0.4) is 0 Å². The molecule has 2 aliphatic heterocycles. The quantitative estimate of drug-likeness (QED) is 0.633. The highest BCUT2D eigenvalue weighted by atomic mass is 16.5. The highest BCUT2D eigenvalue weighted by Gasteiger charge is 2.12. The monoisotopic (exact) mass is 290 g/mol. The average molecular weight is 290 g/mol. The first-order valence-corrected chi connectivity index (χ1v) is 6.62. The Morgan fingerprint density at radius 3 is 3.00 bits per heavy atom. The lowest BCUT2D eigenvalue weighted by molar-refractivity contribution is 0.425. The molecule has 2 aliphatic rings. The molecule has 106 valence electrons. The van der Waals surface area contributed by atoms with Crippen LogP contribution in [0, 0.1) is 0 Å². The minimum atomic E-state index is 0.513. The van der Waals surface area contributed by atoms with Crippen molar-refractivity contribution in [1.29, 1.82) is 0 Å². The lowest BCUT2D eigenvalue weighted by Gasteiger charge is -2.02. The molecule has 0 amide bonds. The van der Waals surface area contributed by atoms with E-state index in [1.54, 1.807) is 18.6 Å². The summed E-state index contributed by atoms with van der Waals surface area (Å²) in [4.78, 5) is 17.0. The van der Waals surface area contributed by atoms with Gasteiger partial charge in [-0.2, -0.15) is 4.99 Å². The van der Waals surface area contributed by atoms with Gasteiger partial charge in [0.2, 0.25) is 0 Å². The number of rotatable bonds is 0. The number of para-hydroxylation sites is 1. The molecule has 0 bridgehead atoms. The van der Waals surface area contributed by atoms with Crippen molar-refractivity contribution < 1.29 is 9.47 Å². The largest absolute Gasteiger partial charge is 0.461 e. The SMILES string of the molecule is C1=COc2ccccc2C=NC=c2c(ncc3c2=N3)N=CO1. The van der Waals surface area contributed by atoms with Crippen molar-refractivity contribution in [3.63, 3.8) is 0 Å². The van der Waals surface area contributed by atoms with Crippen LogP contribution in [0.5, 0.6) is 5.75 Å². The lowest BCUT2D eigenvalue weighted by atomic mass is 10.2. The maximum absolute atomic E-state index is 5.51. The van der Waals surface area contributed by atoms with Gasteiger partial charge in [-0.1, -0.05) is 12.1 Å². The van der Waals surface area contributed by atoms with Crippen LogP contribution in [-0.4, -0.2) is 17.6 Å². The highest BCUT2D eigenvalue weighted by molar-refractivity contribution is 5.85. The van der Waals surface area contributed by atoms with Crippen molar-refractivity contribution in [2.24, 2.45) is 15.0 Å². The minimum Gasteiger partial charge on any atom is -0.461 e. The Balaban J connectivity index is 1.85. The van der Waals surface area contributed by atoms with Crippen LogP contribution in [-0.2, 0) is 4.74 Å². The fourth-order valence-electron chi connectivity index (χ4n) is 2.04. The molecule has 2 aromatic rings. The van der Waals surface area contributed by atoms with Crippen LogP contribution in [0.25, 0.3) is 6.20 Å². The summed E-state index contributed by atoms with van der Waals surface area (Å²) in [6.45, 7) is 0. The first-order valence-electron chi connectivity index (χ1n) is 6.62. The predicted octanol–water partition coefficient (Wildman–Crippen LogP) is 1.74. The zero-order valence-corrected chi connectivity index (χ0v) is 11.4. The van der Waals surface area contributed by atoms with E-state index in [2.05, 4.69) is 20.0 Å². The molecule has 0 atom stereocenters. The van der Waals surface area contributed by atoms with Gasteiger partial charge in [0.05, 0.1) is 11.4 Å². The molecule has 0 unspecified atom stereocenters. The van der Waals surface area contributed by atoms with Crippen LogP contribution >= 0.6 is 0 Å². The number of hydrogen-bond donors (Lipinski definition) is 0. The van der Waals surface area contributed by atoms with Gasteiger partial charge in [0.1, 0.15) is 29.3 Å².